The molecule has 3 heterocycles. The number of carbonyl (C=O) groups excluding carboxylic acids is 4. The standard InChI is InChI=1S/C20H24N4O4/c25-16-5-4-15(18(26)23-16)24-19(27)14-3-1-2-13(17(14)20(24)28)11-22-9-7-12-6-8-21-10-12/h1-3,12,15,21-22H,4-11H2,(H,23,25,26)/t12-,15?/m0/s1. The van der Waals surface area contributed by atoms with Crippen LogP contribution in [0, 0.1) is 5.92 Å². The molecule has 4 rings (SSSR count). The zero-order chi connectivity index (χ0) is 19.7. The summed E-state index contributed by atoms with van der Waals surface area (Å²) in [5.41, 5.74) is 1.46. The quantitative estimate of drug-likeness (QED) is 0.477. The molecule has 8 nitrogen and oxygen atoms in total. The van der Waals surface area contributed by atoms with Crippen LogP contribution in [0.25, 0.3) is 0 Å². The van der Waals surface area contributed by atoms with Gasteiger partial charge in [0.25, 0.3) is 11.8 Å². The SMILES string of the molecule is O=C1CCC(N2C(=O)c3cccc(CNCC[C@@H]4CCNC4)c3C2=O)C(=O)N1. The molecule has 28 heavy (non-hydrogen) atoms. The summed E-state index contributed by atoms with van der Waals surface area (Å²) in [5.74, 6) is -1.20. The Morgan fingerprint density at radius 3 is 2.71 bits per heavy atom. The van der Waals surface area contributed by atoms with Gasteiger partial charge in [0.1, 0.15) is 6.04 Å². The minimum absolute atomic E-state index is 0.119. The Morgan fingerprint density at radius 1 is 1.11 bits per heavy atom. The van der Waals surface area contributed by atoms with Crippen LogP contribution < -0.4 is 16.0 Å². The molecular weight excluding hydrogens is 360 g/mol. The van der Waals surface area contributed by atoms with Crippen molar-refractivity contribution in [3.8, 4) is 0 Å². The van der Waals surface area contributed by atoms with E-state index in [0.717, 1.165) is 36.5 Å². The second-order valence-electron chi connectivity index (χ2n) is 7.61. The van der Waals surface area contributed by atoms with Crippen LogP contribution in [0.15, 0.2) is 18.2 Å². The molecule has 0 spiro atoms. The number of amides is 4. The van der Waals surface area contributed by atoms with Crippen molar-refractivity contribution in [2.75, 3.05) is 19.6 Å². The van der Waals surface area contributed by atoms with Crippen LogP contribution in [0.5, 0.6) is 0 Å². The maximum absolute atomic E-state index is 13.0. The lowest BCUT2D eigenvalue weighted by atomic mass is 10.0. The summed E-state index contributed by atoms with van der Waals surface area (Å²) in [6, 6.07) is 4.29. The maximum Gasteiger partial charge on any atom is 0.262 e. The average Bonchev–Trinajstić information content (AvgIpc) is 3.27. The number of carbonyl (C=O) groups is 4. The van der Waals surface area contributed by atoms with Gasteiger partial charge in [-0.1, -0.05) is 12.1 Å². The number of piperidine rings is 1. The molecular formula is C20H24N4O4. The normalized spacial score (nSPS) is 24.6. The predicted octanol–water partition coefficient (Wildman–Crippen LogP) is 0.177. The van der Waals surface area contributed by atoms with Gasteiger partial charge in [-0.05, 0) is 56.4 Å². The molecule has 0 bridgehead atoms. The number of nitrogens with zero attached hydrogens (tertiary/aromatic N) is 1. The molecule has 3 aliphatic rings. The van der Waals surface area contributed by atoms with Gasteiger partial charge >= 0.3 is 0 Å². The van der Waals surface area contributed by atoms with E-state index < -0.39 is 23.8 Å². The van der Waals surface area contributed by atoms with Crippen molar-refractivity contribution in [1.29, 1.82) is 0 Å². The van der Waals surface area contributed by atoms with Crippen molar-refractivity contribution < 1.29 is 19.2 Å². The van der Waals surface area contributed by atoms with E-state index in [0.29, 0.717) is 23.6 Å². The average molecular weight is 384 g/mol. The fraction of sp³-hybridized carbons (Fsp3) is 0.500. The van der Waals surface area contributed by atoms with Crippen molar-refractivity contribution in [2.45, 2.75) is 38.3 Å². The van der Waals surface area contributed by atoms with Gasteiger partial charge in [-0.15, -0.1) is 0 Å². The van der Waals surface area contributed by atoms with Gasteiger partial charge in [0.2, 0.25) is 11.8 Å². The van der Waals surface area contributed by atoms with E-state index in [1.165, 1.54) is 6.42 Å². The van der Waals surface area contributed by atoms with Gasteiger partial charge < -0.3 is 10.6 Å². The van der Waals surface area contributed by atoms with Crippen LogP contribution in [-0.4, -0.2) is 54.2 Å². The first-order chi connectivity index (χ1) is 13.6. The number of hydrogen-bond acceptors (Lipinski definition) is 6. The molecule has 0 aromatic heterocycles. The van der Waals surface area contributed by atoms with E-state index >= 15 is 0 Å². The third-order valence-electron chi connectivity index (χ3n) is 5.76. The van der Waals surface area contributed by atoms with Gasteiger partial charge in [-0.25, -0.2) is 0 Å². The molecule has 2 fully saturated rings. The molecule has 3 aliphatic heterocycles. The molecule has 1 aromatic rings. The highest BCUT2D eigenvalue weighted by Gasteiger charge is 2.45. The lowest BCUT2D eigenvalue weighted by Crippen LogP contribution is -2.54. The Hall–Kier alpha value is -2.58. The topological polar surface area (TPSA) is 108 Å². The Kier molecular flexibility index (Phi) is 5.23. The predicted molar refractivity (Wildman–Crippen MR) is 100 cm³/mol. The van der Waals surface area contributed by atoms with Crippen molar-refractivity contribution in [3.05, 3.63) is 34.9 Å². The van der Waals surface area contributed by atoms with Crippen molar-refractivity contribution in [3.63, 3.8) is 0 Å². The fourth-order valence-corrected chi connectivity index (χ4v) is 4.22. The molecule has 2 saturated heterocycles. The Morgan fingerprint density at radius 2 is 1.96 bits per heavy atom. The molecule has 1 unspecified atom stereocenters. The van der Waals surface area contributed by atoms with Crippen LogP contribution in [0.4, 0.5) is 0 Å². The number of nitrogens with one attached hydrogen (secondary N) is 3. The maximum atomic E-state index is 13.0. The molecule has 0 aliphatic carbocycles. The van der Waals surface area contributed by atoms with Crippen molar-refractivity contribution in [2.24, 2.45) is 5.92 Å². The first-order valence-corrected chi connectivity index (χ1v) is 9.81. The highest BCUT2D eigenvalue weighted by atomic mass is 16.2. The number of rotatable bonds is 6. The van der Waals surface area contributed by atoms with Crippen LogP contribution in [0.1, 0.15) is 52.0 Å². The lowest BCUT2D eigenvalue weighted by molar-refractivity contribution is -0.136. The number of fused-ring (bicyclic) bond motifs is 1. The molecule has 2 atom stereocenters. The monoisotopic (exact) mass is 384 g/mol. The van der Waals surface area contributed by atoms with Gasteiger partial charge in [0.05, 0.1) is 11.1 Å². The summed E-state index contributed by atoms with van der Waals surface area (Å²) >= 11 is 0. The molecule has 1 aromatic carbocycles. The minimum Gasteiger partial charge on any atom is -0.316 e. The summed E-state index contributed by atoms with van der Waals surface area (Å²) in [7, 11) is 0. The highest BCUT2D eigenvalue weighted by molar-refractivity contribution is 6.24. The fourth-order valence-electron chi connectivity index (χ4n) is 4.22. The van der Waals surface area contributed by atoms with Gasteiger partial charge in [0, 0.05) is 13.0 Å². The Bertz CT molecular complexity index is 831. The van der Waals surface area contributed by atoms with E-state index in [1.54, 1.807) is 12.1 Å². The number of hydrogen-bond donors (Lipinski definition) is 3. The number of imide groups is 2. The van der Waals surface area contributed by atoms with Crippen LogP contribution in [-0.2, 0) is 16.1 Å². The van der Waals surface area contributed by atoms with Crippen molar-refractivity contribution >= 4 is 23.6 Å². The molecule has 0 saturated carbocycles. The molecule has 4 amide bonds. The van der Waals surface area contributed by atoms with Crippen molar-refractivity contribution in [1.82, 2.24) is 20.9 Å². The number of benzene rings is 1. The second-order valence-corrected chi connectivity index (χ2v) is 7.61. The summed E-state index contributed by atoms with van der Waals surface area (Å²) in [6.45, 7) is 3.46. The van der Waals surface area contributed by atoms with E-state index in [-0.39, 0.29) is 18.7 Å². The summed E-state index contributed by atoms with van der Waals surface area (Å²) in [5, 5.41) is 8.93. The Balaban J connectivity index is 1.46. The lowest BCUT2D eigenvalue weighted by Gasteiger charge is -2.27. The largest absolute Gasteiger partial charge is 0.316 e. The van der Waals surface area contributed by atoms with E-state index in [2.05, 4.69) is 16.0 Å². The van der Waals surface area contributed by atoms with Crippen LogP contribution in [0.3, 0.4) is 0 Å². The molecule has 3 N–H and O–H groups in total. The third kappa shape index (κ3) is 3.45. The highest BCUT2D eigenvalue weighted by Crippen LogP contribution is 2.29. The summed E-state index contributed by atoms with van der Waals surface area (Å²) < 4.78 is 0. The van der Waals surface area contributed by atoms with E-state index in [9.17, 15) is 19.2 Å². The minimum atomic E-state index is -0.930. The zero-order valence-corrected chi connectivity index (χ0v) is 15.6. The van der Waals surface area contributed by atoms with Gasteiger partial charge in [0.15, 0.2) is 0 Å². The molecule has 148 valence electrons. The Labute approximate surface area is 163 Å². The second kappa shape index (κ2) is 7.81. The summed E-state index contributed by atoms with van der Waals surface area (Å²) in [4.78, 5) is 50.4. The molecule has 0 radical (unpaired) electrons. The third-order valence-corrected chi connectivity index (χ3v) is 5.76. The van der Waals surface area contributed by atoms with Crippen LogP contribution >= 0.6 is 0 Å². The van der Waals surface area contributed by atoms with E-state index in [1.807, 2.05) is 6.07 Å². The molecule has 8 heteroatoms. The van der Waals surface area contributed by atoms with E-state index in [4.69, 9.17) is 0 Å². The zero-order valence-electron chi connectivity index (χ0n) is 15.6. The van der Waals surface area contributed by atoms with Gasteiger partial charge in [-0.2, -0.15) is 0 Å². The van der Waals surface area contributed by atoms with Gasteiger partial charge in [-0.3, -0.25) is 29.4 Å². The first kappa shape index (κ1) is 18.8. The first-order valence-electron chi connectivity index (χ1n) is 9.81. The summed E-state index contributed by atoms with van der Waals surface area (Å²) in [6.07, 6.45) is 2.54. The smallest absolute Gasteiger partial charge is 0.262 e. The van der Waals surface area contributed by atoms with Crippen LogP contribution in [0.2, 0.25) is 0 Å².